The quantitative estimate of drug-likeness (QED) is 0.0625. The van der Waals surface area contributed by atoms with Crippen molar-refractivity contribution in [1.29, 1.82) is 0 Å². The molecule has 2 aliphatic rings. The van der Waals surface area contributed by atoms with Crippen LogP contribution in [0.1, 0.15) is 51.8 Å². The average Bonchev–Trinajstić information content (AvgIpc) is 3.29. The van der Waals surface area contributed by atoms with E-state index in [-0.39, 0.29) is 0 Å². The van der Waals surface area contributed by atoms with Crippen molar-refractivity contribution in [2.75, 3.05) is 6.61 Å². The second-order valence-electron chi connectivity index (χ2n) is 14.4. The molecule has 1 unspecified atom stereocenters. The van der Waals surface area contributed by atoms with E-state index in [4.69, 9.17) is 28.4 Å². The molecule has 0 spiro atoms. The van der Waals surface area contributed by atoms with Crippen LogP contribution in [0.25, 0.3) is 11.1 Å². The number of ether oxygens (including phenoxy) is 6. The van der Waals surface area contributed by atoms with Gasteiger partial charge in [0.1, 0.15) is 18.3 Å². The number of aromatic carboxylic acids is 1. The highest BCUT2D eigenvalue weighted by Crippen LogP contribution is 2.54. The number of fused-ring (bicyclic) bond motifs is 4. The Morgan fingerprint density at radius 3 is 1.53 bits per heavy atom. The number of benzene rings is 5. The van der Waals surface area contributed by atoms with Crippen LogP contribution in [0.4, 0.5) is 0 Å². The number of aromatic hydroxyl groups is 14. The zero-order valence-corrected chi connectivity index (χ0v) is 33.3. The largest absolute Gasteiger partial charge is 0.504 e. The van der Waals surface area contributed by atoms with E-state index in [0.29, 0.717) is 42.5 Å². The van der Waals surface area contributed by atoms with Crippen molar-refractivity contribution in [3.63, 3.8) is 0 Å². The summed E-state index contributed by atoms with van der Waals surface area (Å²) in [4.78, 5) is 67.3. The maximum absolute atomic E-state index is 14.3. The first-order valence-electron chi connectivity index (χ1n) is 18.6. The molecule has 1 fully saturated rings. The first-order chi connectivity index (χ1) is 31.9. The van der Waals surface area contributed by atoms with Crippen molar-refractivity contribution in [2.45, 2.75) is 30.7 Å². The Labute approximate surface area is 374 Å². The Bertz CT molecular complexity index is 2950. The Hall–Kier alpha value is -9.63. The summed E-state index contributed by atoms with van der Waals surface area (Å²) in [5, 5.41) is 167. The van der Waals surface area contributed by atoms with Gasteiger partial charge in [-0.2, -0.15) is 0 Å². The van der Waals surface area contributed by atoms with E-state index < -0.39 is 198 Å². The van der Waals surface area contributed by atoms with E-state index in [2.05, 4.69) is 0 Å². The Morgan fingerprint density at radius 2 is 0.985 bits per heavy atom. The molecule has 0 aromatic heterocycles. The second-order valence-corrected chi connectivity index (χ2v) is 14.4. The van der Waals surface area contributed by atoms with Gasteiger partial charge >= 0.3 is 29.8 Å². The molecule has 356 valence electrons. The van der Waals surface area contributed by atoms with Crippen molar-refractivity contribution in [3.05, 3.63) is 70.3 Å². The molecule has 5 aromatic rings. The van der Waals surface area contributed by atoms with E-state index in [9.17, 15) is 106 Å². The highest BCUT2D eigenvalue weighted by Gasteiger charge is 2.53. The Morgan fingerprint density at radius 1 is 0.515 bits per heavy atom. The molecule has 16 N–H and O–H groups in total. The van der Waals surface area contributed by atoms with Gasteiger partial charge in [0.2, 0.25) is 28.7 Å². The number of esters is 4. The van der Waals surface area contributed by atoms with Crippen LogP contribution in [-0.4, -0.2) is 149 Å². The van der Waals surface area contributed by atoms with Crippen molar-refractivity contribution in [1.82, 2.24) is 0 Å². The molecule has 2 heterocycles. The summed E-state index contributed by atoms with van der Waals surface area (Å²) in [5.74, 6) is -28.9. The predicted molar refractivity (Wildman–Crippen MR) is 210 cm³/mol. The molecule has 5 aromatic carbocycles. The van der Waals surface area contributed by atoms with Crippen molar-refractivity contribution >= 4 is 29.8 Å². The zero-order valence-electron chi connectivity index (χ0n) is 33.3. The number of carboxylic acids is 1. The summed E-state index contributed by atoms with van der Waals surface area (Å²) in [5.41, 5.74) is -6.91. The molecule has 27 nitrogen and oxygen atoms in total. The van der Waals surface area contributed by atoms with Crippen LogP contribution in [0.3, 0.4) is 0 Å². The molecule has 0 bridgehead atoms. The number of hydrogen-bond acceptors (Lipinski definition) is 26. The molecule has 0 saturated carbocycles. The lowest BCUT2D eigenvalue weighted by atomic mass is 9.92. The summed E-state index contributed by atoms with van der Waals surface area (Å²) < 4.78 is 32.5. The van der Waals surface area contributed by atoms with Gasteiger partial charge in [-0.3, -0.25) is 0 Å². The summed E-state index contributed by atoms with van der Waals surface area (Å²) in [6, 6.07) is 3.36. The molecule has 2 aliphatic heterocycles. The highest BCUT2D eigenvalue weighted by molar-refractivity contribution is 6.08. The van der Waals surface area contributed by atoms with Crippen molar-refractivity contribution in [3.8, 4) is 103 Å². The van der Waals surface area contributed by atoms with Gasteiger partial charge in [0, 0.05) is 17.2 Å². The van der Waals surface area contributed by atoms with Crippen LogP contribution in [-0.2, 0) is 23.7 Å². The molecule has 0 radical (unpaired) electrons. The fourth-order valence-corrected chi connectivity index (χ4v) is 6.88. The third-order valence-corrected chi connectivity index (χ3v) is 10.1. The second kappa shape index (κ2) is 17.1. The van der Waals surface area contributed by atoms with E-state index >= 15 is 0 Å². The number of cyclic esters (lactones) is 1. The van der Waals surface area contributed by atoms with Crippen molar-refractivity contribution < 1.29 is 134 Å². The lowest BCUT2D eigenvalue weighted by Crippen LogP contribution is -2.62. The minimum atomic E-state index is -2.64. The maximum atomic E-state index is 14.3. The van der Waals surface area contributed by atoms with Crippen LogP contribution in [0, 0.1) is 0 Å². The number of aliphatic hydroxyl groups is 1. The van der Waals surface area contributed by atoms with Crippen LogP contribution >= 0.6 is 0 Å². The molecular formula is C41H30O27. The van der Waals surface area contributed by atoms with Gasteiger partial charge in [0.15, 0.2) is 87.8 Å². The van der Waals surface area contributed by atoms with E-state index in [1.807, 2.05) is 0 Å². The van der Waals surface area contributed by atoms with Gasteiger partial charge < -0.3 is 110 Å². The van der Waals surface area contributed by atoms with Gasteiger partial charge in [0.05, 0.1) is 22.3 Å². The van der Waals surface area contributed by atoms with E-state index in [0.717, 1.165) is 0 Å². The number of aliphatic hydroxyl groups excluding tert-OH is 1. The van der Waals surface area contributed by atoms with Crippen LogP contribution in [0.5, 0.6) is 92.0 Å². The maximum Gasteiger partial charge on any atom is 0.342 e. The number of carboxylic acid groups (broad SMARTS) is 1. The number of phenols is 14. The van der Waals surface area contributed by atoms with E-state index in [1.165, 1.54) is 0 Å². The van der Waals surface area contributed by atoms with Gasteiger partial charge in [-0.1, -0.05) is 0 Å². The first kappa shape index (κ1) is 46.4. The molecule has 5 atom stereocenters. The summed E-state index contributed by atoms with van der Waals surface area (Å²) in [7, 11) is 0. The Balaban J connectivity index is 1.37. The molecule has 0 aliphatic carbocycles. The van der Waals surface area contributed by atoms with Gasteiger partial charge in [-0.05, 0) is 36.4 Å². The molecule has 0 amide bonds. The van der Waals surface area contributed by atoms with Crippen LogP contribution in [0.15, 0.2) is 42.5 Å². The zero-order chi connectivity index (χ0) is 50.0. The number of carbonyl (C=O) groups is 5. The average molecular weight is 955 g/mol. The third-order valence-electron chi connectivity index (χ3n) is 10.1. The normalized spacial score (nSPS) is 18.9. The number of phenolic OH excluding ortho intramolecular Hbond substituents is 14. The highest BCUT2D eigenvalue weighted by atomic mass is 16.7. The van der Waals surface area contributed by atoms with Gasteiger partial charge in [0.25, 0.3) is 0 Å². The fraction of sp³-hybridized carbons (Fsp3) is 0.146. The number of carbonyl (C=O) groups excluding carboxylic acids is 4. The van der Waals surface area contributed by atoms with Crippen LogP contribution < -0.4 is 4.74 Å². The van der Waals surface area contributed by atoms with Gasteiger partial charge in [-0.15, -0.1) is 0 Å². The lowest BCUT2D eigenvalue weighted by molar-refractivity contribution is -0.284. The van der Waals surface area contributed by atoms with E-state index in [1.54, 1.807) is 0 Å². The molecule has 1 saturated heterocycles. The summed E-state index contributed by atoms with van der Waals surface area (Å²) in [6.45, 7) is -1.21. The first-order valence-corrected chi connectivity index (χ1v) is 18.6. The molecular weight excluding hydrogens is 924 g/mol. The number of rotatable bonds is 7. The third kappa shape index (κ3) is 7.96. The molecule has 7 rings (SSSR count). The minimum absolute atomic E-state index is 0.342. The van der Waals surface area contributed by atoms with Gasteiger partial charge in [-0.25, -0.2) is 24.0 Å². The fourth-order valence-electron chi connectivity index (χ4n) is 6.88. The molecule has 27 heteroatoms. The topological polar surface area (TPSA) is 464 Å². The summed E-state index contributed by atoms with van der Waals surface area (Å²) in [6.07, 6.45) is -12.3. The minimum Gasteiger partial charge on any atom is -0.504 e. The SMILES string of the molecule is O=C(O)c1cc(O)c(Oc2c(C(=O)O[C@H]3C(O)O[C@@H]4COC(=O)c5cc(O)c(O)c(O)c5-c5c(cc(O)c(O)c5O)C(=O)O[C@H]4[C@@H]3OC(=O)c3cc(O)c(O)c(O)c3)cc(O)c(O)c2O)c(O)c1. The van der Waals surface area contributed by atoms with Crippen molar-refractivity contribution in [2.24, 2.45) is 0 Å². The van der Waals surface area contributed by atoms with Crippen LogP contribution in [0.2, 0.25) is 0 Å². The standard InChI is InChI=1S/C41H30O27/c42-14-3-10(4-15(43)24(14)49)37(58)67-34-33-21(8-63-38(59)11-5-16(44)25(50)28(53)22(11)23-12(39(60)66-33)6-17(45)26(51)29(23)54)64-41(62)35(34)68-40(61)13-7-18(46)27(52)30(55)31(13)65-32-19(47)1-9(36(56)57)2-20(32)48/h1-7,21,33-35,41-55,62H,8H2,(H,56,57)/t21-,33-,34+,35-,41?/m1/s1. The predicted octanol–water partition coefficient (Wildman–Crippen LogP) is 1.59. The summed E-state index contributed by atoms with van der Waals surface area (Å²) >= 11 is 0. The monoisotopic (exact) mass is 954 g/mol. The smallest absolute Gasteiger partial charge is 0.342 e. The molecule has 68 heavy (non-hydrogen) atoms. The Kier molecular flexibility index (Phi) is 11.6. The number of hydrogen-bond donors (Lipinski definition) is 16. The lowest BCUT2D eigenvalue weighted by Gasteiger charge is -2.42.